The van der Waals surface area contributed by atoms with E-state index >= 15 is 0 Å². The van der Waals surface area contributed by atoms with E-state index in [2.05, 4.69) is 10.3 Å². The van der Waals surface area contributed by atoms with Gasteiger partial charge >= 0.3 is 0 Å². The molecule has 1 aliphatic carbocycles. The lowest BCUT2D eigenvalue weighted by molar-refractivity contribution is -0.122. The lowest BCUT2D eigenvalue weighted by atomic mass is 9.94. The quantitative estimate of drug-likeness (QED) is 0.933. The van der Waals surface area contributed by atoms with Crippen molar-refractivity contribution in [1.29, 1.82) is 0 Å². The summed E-state index contributed by atoms with van der Waals surface area (Å²) in [7, 11) is 0. The second-order valence-electron chi connectivity index (χ2n) is 5.92. The first-order valence-corrected chi connectivity index (χ1v) is 7.89. The predicted molar refractivity (Wildman–Crippen MR) is 86.8 cm³/mol. The van der Waals surface area contributed by atoms with Gasteiger partial charge in [-0.15, -0.1) is 0 Å². The third kappa shape index (κ3) is 2.63. The van der Waals surface area contributed by atoms with Gasteiger partial charge in [0.15, 0.2) is 11.5 Å². The van der Waals surface area contributed by atoms with Crippen molar-refractivity contribution in [2.24, 2.45) is 4.99 Å². The average Bonchev–Trinajstić information content (AvgIpc) is 3.40. The predicted octanol–water partition coefficient (Wildman–Crippen LogP) is 2.48. The highest BCUT2D eigenvalue weighted by Crippen LogP contribution is 2.50. The molecule has 1 aromatic rings. The summed E-state index contributed by atoms with van der Waals surface area (Å²) in [5, 5.41) is 2.94. The first kappa shape index (κ1) is 14.1. The molecule has 23 heavy (non-hydrogen) atoms. The molecule has 1 saturated carbocycles. The molecule has 0 saturated heterocycles. The van der Waals surface area contributed by atoms with Gasteiger partial charge in [-0.3, -0.25) is 4.79 Å². The van der Waals surface area contributed by atoms with Crippen LogP contribution in [0.25, 0.3) is 0 Å². The summed E-state index contributed by atoms with van der Waals surface area (Å²) in [4.78, 5) is 17.0. The second kappa shape index (κ2) is 5.57. The fourth-order valence-electron chi connectivity index (χ4n) is 2.92. The second-order valence-corrected chi connectivity index (χ2v) is 5.92. The molecule has 0 bridgehead atoms. The Bertz CT molecular complexity index is 730. The summed E-state index contributed by atoms with van der Waals surface area (Å²) >= 11 is 0. The Hall–Kier alpha value is -2.56. The number of amides is 1. The van der Waals surface area contributed by atoms with Gasteiger partial charge in [0.25, 0.3) is 0 Å². The van der Waals surface area contributed by atoms with Crippen LogP contribution in [0.3, 0.4) is 0 Å². The molecule has 5 heteroatoms. The number of carbonyl (C=O) groups excluding carboxylic acids is 1. The Kier molecular flexibility index (Phi) is 3.41. The maximum absolute atomic E-state index is 12.8. The maximum Gasteiger partial charge on any atom is 0.236 e. The molecule has 4 rings (SSSR count). The molecule has 1 amide bonds. The highest BCUT2D eigenvalue weighted by atomic mass is 16.6. The molecule has 3 aliphatic rings. The van der Waals surface area contributed by atoms with Gasteiger partial charge in [-0.2, -0.15) is 0 Å². The molecule has 0 atom stereocenters. The van der Waals surface area contributed by atoms with Crippen molar-refractivity contribution in [3.8, 4) is 11.5 Å². The Morgan fingerprint density at radius 2 is 2.00 bits per heavy atom. The van der Waals surface area contributed by atoms with E-state index in [-0.39, 0.29) is 5.91 Å². The van der Waals surface area contributed by atoms with E-state index in [1.54, 1.807) is 6.21 Å². The third-order valence-corrected chi connectivity index (χ3v) is 4.38. The van der Waals surface area contributed by atoms with E-state index in [1.165, 1.54) is 0 Å². The number of hydrogen-bond donors (Lipinski definition) is 1. The summed E-state index contributed by atoms with van der Waals surface area (Å²) < 4.78 is 11.2. The number of fused-ring (bicyclic) bond motifs is 1. The van der Waals surface area contributed by atoms with Crippen LogP contribution in [0.4, 0.5) is 0 Å². The standard InChI is InChI=1S/C18H18N2O3/c21-17(20-16-4-2-1-3-9-19-16)18(7-8-18)13-5-6-14-15(12-13)23-11-10-22-14/h1-2,4-6,9,12H,3,7-8,10-11H2,(H,20,21). The fourth-order valence-corrected chi connectivity index (χ4v) is 2.92. The van der Waals surface area contributed by atoms with Crippen LogP contribution in [0.15, 0.2) is 47.2 Å². The summed E-state index contributed by atoms with van der Waals surface area (Å²) in [5.74, 6) is 2.06. The van der Waals surface area contributed by atoms with E-state index in [4.69, 9.17) is 9.47 Å². The topological polar surface area (TPSA) is 59.9 Å². The molecule has 2 heterocycles. The molecule has 0 radical (unpaired) electrons. The molecule has 2 aliphatic heterocycles. The van der Waals surface area contributed by atoms with Crippen molar-refractivity contribution >= 4 is 12.1 Å². The summed E-state index contributed by atoms with van der Waals surface area (Å²) in [6, 6.07) is 5.79. The number of allylic oxidation sites excluding steroid dienone is 3. The first-order chi connectivity index (χ1) is 11.3. The molecule has 118 valence electrons. The lowest BCUT2D eigenvalue weighted by Gasteiger charge is -2.21. The first-order valence-electron chi connectivity index (χ1n) is 7.89. The molecule has 1 aromatic carbocycles. The minimum Gasteiger partial charge on any atom is -0.486 e. The molecular formula is C18H18N2O3. The molecule has 0 aromatic heterocycles. The number of hydrogen-bond acceptors (Lipinski definition) is 4. The number of aliphatic imine (C=N–C) groups is 1. The van der Waals surface area contributed by atoms with Gasteiger partial charge < -0.3 is 14.8 Å². The van der Waals surface area contributed by atoms with Crippen LogP contribution in [-0.4, -0.2) is 25.3 Å². The normalized spacial score (nSPS) is 20.4. The van der Waals surface area contributed by atoms with E-state index in [1.807, 2.05) is 36.4 Å². The Labute approximate surface area is 134 Å². The van der Waals surface area contributed by atoms with Crippen LogP contribution in [0, 0.1) is 0 Å². The Morgan fingerprint density at radius 1 is 1.17 bits per heavy atom. The molecule has 5 nitrogen and oxygen atoms in total. The molecule has 0 spiro atoms. The van der Waals surface area contributed by atoms with Crippen LogP contribution in [0.5, 0.6) is 11.5 Å². The lowest BCUT2D eigenvalue weighted by Crippen LogP contribution is -2.34. The van der Waals surface area contributed by atoms with Crippen molar-refractivity contribution in [3.63, 3.8) is 0 Å². The van der Waals surface area contributed by atoms with E-state index in [9.17, 15) is 4.79 Å². The Balaban J connectivity index is 1.57. The van der Waals surface area contributed by atoms with Crippen molar-refractivity contribution in [2.75, 3.05) is 13.2 Å². The number of rotatable bonds is 3. The minimum absolute atomic E-state index is 0.00659. The highest BCUT2D eigenvalue weighted by Gasteiger charge is 2.51. The molecular weight excluding hydrogens is 292 g/mol. The van der Waals surface area contributed by atoms with E-state index < -0.39 is 5.41 Å². The third-order valence-electron chi connectivity index (χ3n) is 4.38. The minimum atomic E-state index is -0.470. The van der Waals surface area contributed by atoms with Crippen molar-refractivity contribution < 1.29 is 14.3 Å². The summed E-state index contributed by atoms with van der Waals surface area (Å²) in [6.45, 7) is 1.11. The zero-order valence-electron chi connectivity index (χ0n) is 12.7. The zero-order chi connectivity index (χ0) is 15.7. The van der Waals surface area contributed by atoms with Crippen molar-refractivity contribution in [3.05, 3.63) is 47.8 Å². The number of carbonyl (C=O) groups is 1. The van der Waals surface area contributed by atoms with Gasteiger partial charge in [0.05, 0.1) is 5.41 Å². The largest absolute Gasteiger partial charge is 0.486 e. The van der Waals surface area contributed by atoms with Crippen LogP contribution in [0.1, 0.15) is 24.8 Å². The van der Waals surface area contributed by atoms with Crippen LogP contribution < -0.4 is 14.8 Å². The van der Waals surface area contributed by atoms with Gasteiger partial charge in [-0.25, -0.2) is 4.99 Å². The Morgan fingerprint density at radius 3 is 2.83 bits per heavy atom. The van der Waals surface area contributed by atoms with Crippen molar-refractivity contribution in [1.82, 2.24) is 5.32 Å². The summed E-state index contributed by atoms with van der Waals surface area (Å²) in [6.07, 6.45) is 9.98. The maximum atomic E-state index is 12.8. The zero-order valence-corrected chi connectivity index (χ0v) is 12.7. The van der Waals surface area contributed by atoms with Crippen LogP contribution in [0.2, 0.25) is 0 Å². The van der Waals surface area contributed by atoms with Gasteiger partial charge in [-0.05, 0) is 36.6 Å². The monoisotopic (exact) mass is 310 g/mol. The van der Waals surface area contributed by atoms with Gasteiger partial charge in [0.2, 0.25) is 5.91 Å². The number of benzene rings is 1. The highest BCUT2D eigenvalue weighted by molar-refractivity contribution is 5.92. The molecule has 1 N–H and O–H groups in total. The fraction of sp³-hybridized carbons (Fsp3) is 0.333. The van der Waals surface area contributed by atoms with Crippen LogP contribution in [-0.2, 0) is 10.2 Å². The number of nitrogens with zero attached hydrogens (tertiary/aromatic N) is 1. The van der Waals surface area contributed by atoms with Crippen LogP contribution >= 0.6 is 0 Å². The SMILES string of the molecule is O=C(NC1=CC=CCC=N1)C1(c2ccc3c(c2)OCCO3)CC1. The molecule has 1 fully saturated rings. The van der Waals surface area contributed by atoms with Gasteiger partial charge in [0.1, 0.15) is 19.0 Å². The number of ether oxygens (including phenoxy) is 2. The van der Waals surface area contributed by atoms with E-state index in [0.29, 0.717) is 19.0 Å². The number of nitrogens with one attached hydrogen (secondary N) is 1. The molecule has 0 unspecified atom stereocenters. The smallest absolute Gasteiger partial charge is 0.236 e. The van der Waals surface area contributed by atoms with Gasteiger partial charge in [0, 0.05) is 12.6 Å². The average molecular weight is 310 g/mol. The van der Waals surface area contributed by atoms with Crippen molar-refractivity contribution in [2.45, 2.75) is 24.7 Å². The van der Waals surface area contributed by atoms with E-state index in [0.717, 1.165) is 36.3 Å². The summed E-state index contributed by atoms with van der Waals surface area (Å²) in [5.41, 5.74) is 0.510. The van der Waals surface area contributed by atoms with Gasteiger partial charge in [-0.1, -0.05) is 18.2 Å².